The Morgan fingerprint density at radius 1 is 1.40 bits per heavy atom. The molecule has 0 fully saturated rings. The molecule has 1 N–H and O–H groups in total. The van der Waals surface area contributed by atoms with Crippen LogP contribution in [-0.4, -0.2) is 10.1 Å². The molecule has 20 heavy (non-hydrogen) atoms. The van der Waals surface area contributed by atoms with E-state index in [0.29, 0.717) is 6.61 Å². The first kappa shape index (κ1) is 15.0. The highest BCUT2D eigenvalue weighted by Crippen LogP contribution is 2.27. The van der Waals surface area contributed by atoms with E-state index in [2.05, 4.69) is 11.9 Å². The normalized spacial score (nSPS) is 12.4. The van der Waals surface area contributed by atoms with Gasteiger partial charge in [0.1, 0.15) is 12.4 Å². The minimum Gasteiger partial charge on any atom is -0.487 e. The number of aliphatic hydroxyl groups excluding tert-OH is 1. The lowest BCUT2D eigenvalue weighted by Crippen LogP contribution is -2.02. The highest BCUT2D eigenvalue weighted by atomic mass is 32.1. The highest BCUT2D eigenvalue weighted by Gasteiger charge is 2.10. The van der Waals surface area contributed by atoms with E-state index >= 15 is 0 Å². The van der Waals surface area contributed by atoms with E-state index in [1.807, 2.05) is 30.5 Å². The standard InChI is InChI=1S/C16H21NO2S/c1-4-5-16-17-13(10-20-16)9-19-15-8-11(2)6-7-14(15)12(3)18/h6-8,10,12,18H,4-5,9H2,1-3H3/t12-/m1/s1. The maximum atomic E-state index is 9.77. The molecule has 0 aliphatic rings. The summed E-state index contributed by atoms with van der Waals surface area (Å²) in [5.74, 6) is 0.741. The molecular formula is C16H21NO2S. The van der Waals surface area contributed by atoms with Crippen molar-refractivity contribution in [2.75, 3.05) is 0 Å². The molecule has 0 spiro atoms. The Labute approximate surface area is 124 Å². The van der Waals surface area contributed by atoms with E-state index in [-0.39, 0.29) is 0 Å². The summed E-state index contributed by atoms with van der Waals surface area (Å²) < 4.78 is 5.84. The van der Waals surface area contributed by atoms with Crippen LogP contribution in [0.3, 0.4) is 0 Å². The fraction of sp³-hybridized carbons (Fsp3) is 0.438. The fourth-order valence-electron chi connectivity index (χ4n) is 2.01. The Hall–Kier alpha value is -1.39. The molecule has 2 rings (SSSR count). The van der Waals surface area contributed by atoms with E-state index in [9.17, 15) is 5.11 Å². The first-order valence-electron chi connectivity index (χ1n) is 6.94. The Kier molecular flexibility index (Phi) is 5.15. The monoisotopic (exact) mass is 291 g/mol. The molecule has 0 amide bonds. The number of thiazole rings is 1. The van der Waals surface area contributed by atoms with Crippen molar-refractivity contribution in [2.45, 2.75) is 46.3 Å². The summed E-state index contributed by atoms with van der Waals surface area (Å²) in [7, 11) is 0. The quantitative estimate of drug-likeness (QED) is 0.873. The van der Waals surface area contributed by atoms with Crippen molar-refractivity contribution < 1.29 is 9.84 Å². The molecule has 0 bridgehead atoms. The van der Waals surface area contributed by atoms with E-state index < -0.39 is 6.10 Å². The van der Waals surface area contributed by atoms with Crippen LogP contribution in [0.2, 0.25) is 0 Å². The lowest BCUT2D eigenvalue weighted by molar-refractivity contribution is 0.190. The first-order valence-corrected chi connectivity index (χ1v) is 7.82. The van der Waals surface area contributed by atoms with E-state index in [1.54, 1.807) is 18.3 Å². The number of hydrogen-bond acceptors (Lipinski definition) is 4. The predicted molar refractivity (Wildman–Crippen MR) is 82.3 cm³/mol. The Balaban J connectivity index is 2.07. The molecular weight excluding hydrogens is 270 g/mol. The van der Waals surface area contributed by atoms with Gasteiger partial charge in [-0.05, 0) is 38.3 Å². The second-order valence-electron chi connectivity index (χ2n) is 4.99. The van der Waals surface area contributed by atoms with Crippen LogP contribution < -0.4 is 4.74 Å². The Morgan fingerprint density at radius 3 is 2.90 bits per heavy atom. The molecule has 2 aromatic rings. The zero-order valence-corrected chi connectivity index (χ0v) is 13.0. The van der Waals surface area contributed by atoms with Crippen molar-refractivity contribution in [2.24, 2.45) is 0 Å². The summed E-state index contributed by atoms with van der Waals surface area (Å²) in [4.78, 5) is 4.54. The zero-order chi connectivity index (χ0) is 14.5. The molecule has 108 valence electrons. The van der Waals surface area contributed by atoms with Gasteiger partial charge < -0.3 is 9.84 Å². The van der Waals surface area contributed by atoms with Gasteiger partial charge in [-0.15, -0.1) is 11.3 Å². The van der Waals surface area contributed by atoms with Crippen molar-refractivity contribution in [3.63, 3.8) is 0 Å². The third-order valence-electron chi connectivity index (χ3n) is 3.06. The van der Waals surface area contributed by atoms with Crippen LogP contribution in [0.1, 0.15) is 48.2 Å². The number of benzene rings is 1. The predicted octanol–water partition coefficient (Wildman–Crippen LogP) is 4.04. The van der Waals surface area contributed by atoms with Crippen LogP contribution in [0.4, 0.5) is 0 Å². The van der Waals surface area contributed by atoms with Crippen LogP contribution in [-0.2, 0) is 13.0 Å². The topological polar surface area (TPSA) is 42.4 Å². The van der Waals surface area contributed by atoms with Crippen LogP contribution in [0.5, 0.6) is 5.75 Å². The molecule has 0 radical (unpaired) electrons. The van der Waals surface area contributed by atoms with Crippen molar-refractivity contribution in [1.29, 1.82) is 0 Å². The third-order valence-corrected chi connectivity index (χ3v) is 4.02. The van der Waals surface area contributed by atoms with Crippen LogP contribution in [0.25, 0.3) is 0 Å². The molecule has 3 nitrogen and oxygen atoms in total. The first-order chi connectivity index (χ1) is 9.60. The number of aromatic nitrogens is 1. The number of aliphatic hydroxyl groups is 1. The average molecular weight is 291 g/mol. The second-order valence-corrected chi connectivity index (χ2v) is 5.93. The minimum absolute atomic E-state index is 0.448. The third kappa shape index (κ3) is 3.81. The van der Waals surface area contributed by atoms with E-state index in [1.165, 1.54) is 0 Å². The number of aryl methyl sites for hydroxylation is 2. The molecule has 1 atom stereocenters. The summed E-state index contributed by atoms with van der Waals surface area (Å²) in [6, 6.07) is 5.86. The van der Waals surface area contributed by atoms with Crippen molar-refractivity contribution in [3.05, 3.63) is 45.4 Å². The molecule has 0 aliphatic heterocycles. The molecule has 4 heteroatoms. The Morgan fingerprint density at radius 2 is 2.20 bits per heavy atom. The van der Waals surface area contributed by atoms with Crippen LogP contribution in [0.15, 0.2) is 23.6 Å². The Bertz CT molecular complexity index is 563. The average Bonchev–Trinajstić information content (AvgIpc) is 2.84. The zero-order valence-electron chi connectivity index (χ0n) is 12.2. The summed E-state index contributed by atoms with van der Waals surface area (Å²) in [5, 5.41) is 13.0. The molecule has 0 unspecified atom stereocenters. The molecule has 0 saturated heterocycles. The number of hydrogen-bond donors (Lipinski definition) is 1. The summed E-state index contributed by atoms with van der Waals surface area (Å²) >= 11 is 1.68. The molecule has 1 heterocycles. The number of ether oxygens (including phenoxy) is 1. The van der Waals surface area contributed by atoms with Gasteiger partial charge in [-0.25, -0.2) is 4.98 Å². The van der Waals surface area contributed by atoms with Gasteiger partial charge in [0.2, 0.25) is 0 Å². The van der Waals surface area contributed by atoms with Crippen molar-refractivity contribution in [3.8, 4) is 5.75 Å². The van der Waals surface area contributed by atoms with Gasteiger partial charge in [0.05, 0.1) is 16.8 Å². The van der Waals surface area contributed by atoms with Gasteiger partial charge in [0.15, 0.2) is 0 Å². The maximum Gasteiger partial charge on any atom is 0.131 e. The van der Waals surface area contributed by atoms with E-state index in [0.717, 1.165) is 40.4 Å². The van der Waals surface area contributed by atoms with Gasteiger partial charge in [-0.1, -0.05) is 19.1 Å². The minimum atomic E-state index is -0.531. The van der Waals surface area contributed by atoms with Crippen molar-refractivity contribution in [1.82, 2.24) is 4.98 Å². The van der Waals surface area contributed by atoms with Gasteiger partial charge in [-0.3, -0.25) is 0 Å². The maximum absolute atomic E-state index is 9.77. The molecule has 0 saturated carbocycles. The van der Waals surface area contributed by atoms with Crippen LogP contribution in [0, 0.1) is 6.92 Å². The second kappa shape index (κ2) is 6.86. The van der Waals surface area contributed by atoms with E-state index in [4.69, 9.17) is 4.74 Å². The smallest absolute Gasteiger partial charge is 0.131 e. The lowest BCUT2D eigenvalue weighted by atomic mass is 10.1. The van der Waals surface area contributed by atoms with Gasteiger partial charge in [-0.2, -0.15) is 0 Å². The largest absolute Gasteiger partial charge is 0.487 e. The van der Waals surface area contributed by atoms with Crippen LogP contribution >= 0.6 is 11.3 Å². The highest BCUT2D eigenvalue weighted by molar-refractivity contribution is 7.09. The summed E-state index contributed by atoms with van der Waals surface area (Å²) in [5.41, 5.74) is 2.89. The number of nitrogens with zero attached hydrogens (tertiary/aromatic N) is 1. The molecule has 1 aromatic heterocycles. The summed E-state index contributed by atoms with van der Waals surface area (Å²) in [6.07, 6.45) is 1.60. The van der Waals surface area contributed by atoms with Crippen molar-refractivity contribution >= 4 is 11.3 Å². The van der Waals surface area contributed by atoms with Gasteiger partial charge in [0.25, 0.3) is 0 Å². The van der Waals surface area contributed by atoms with Gasteiger partial charge in [0, 0.05) is 10.9 Å². The fourth-order valence-corrected chi connectivity index (χ4v) is 2.89. The van der Waals surface area contributed by atoms with Gasteiger partial charge >= 0.3 is 0 Å². The molecule has 1 aromatic carbocycles. The summed E-state index contributed by atoms with van der Waals surface area (Å²) in [6.45, 7) is 6.36. The molecule has 0 aliphatic carbocycles. The lowest BCUT2D eigenvalue weighted by Gasteiger charge is -2.13. The number of rotatable bonds is 6. The SMILES string of the molecule is CCCc1nc(COc2cc(C)ccc2[C@@H](C)O)cs1.